The number of aromatic nitrogens is 6. The minimum absolute atomic E-state index is 0.125. The average Bonchev–Trinajstić information content (AvgIpc) is 3.48. The van der Waals surface area contributed by atoms with Gasteiger partial charge in [0.1, 0.15) is 13.2 Å². The topological polar surface area (TPSA) is 100 Å². The molecule has 0 atom stereocenters. The number of fused-ring (bicyclic) bond motifs is 3. The summed E-state index contributed by atoms with van der Waals surface area (Å²) in [5, 5.41) is 18.8. The first-order valence-electron chi connectivity index (χ1n) is 11.1. The molecule has 1 fully saturated rings. The van der Waals surface area contributed by atoms with Crippen LogP contribution in [0.15, 0.2) is 53.2 Å². The van der Waals surface area contributed by atoms with Gasteiger partial charge in [0.15, 0.2) is 17.1 Å². The third kappa shape index (κ3) is 3.97. The number of hydrogen-bond acceptors (Lipinski definition) is 8. The number of rotatable bonds is 7. The lowest BCUT2D eigenvalue weighted by molar-refractivity contribution is -0.0868. The van der Waals surface area contributed by atoms with E-state index in [0.717, 1.165) is 16.3 Å². The van der Waals surface area contributed by atoms with Crippen molar-refractivity contribution in [1.29, 1.82) is 0 Å². The molecule has 0 spiro atoms. The standard InChI is InChI=1S/C24H20F2N6O3/c1-33-13-17-8-20(31-35-17)22-29-28-21-18-4-2-3-5-19(18)23(30-32(21)22)34-12-16-7-6-14(11-27-16)15-9-24(25,26)10-15/h2-8,11,15H,9-10,12-13H2,1H3. The van der Waals surface area contributed by atoms with Crippen LogP contribution in [0.5, 0.6) is 5.88 Å². The van der Waals surface area contributed by atoms with Gasteiger partial charge < -0.3 is 14.0 Å². The van der Waals surface area contributed by atoms with E-state index in [-0.39, 0.29) is 32.0 Å². The van der Waals surface area contributed by atoms with Gasteiger partial charge in [-0.3, -0.25) is 4.98 Å². The molecule has 0 amide bonds. The van der Waals surface area contributed by atoms with Gasteiger partial charge in [0.2, 0.25) is 17.6 Å². The van der Waals surface area contributed by atoms with E-state index in [1.54, 1.807) is 30.0 Å². The van der Waals surface area contributed by atoms with E-state index in [2.05, 4.69) is 25.4 Å². The second kappa shape index (κ2) is 8.35. The molecule has 35 heavy (non-hydrogen) atoms. The Bertz CT molecular complexity index is 1510. The van der Waals surface area contributed by atoms with E-state index >= 15 is 0 Å². The quantitative estimate of drug-likeness (QED) is 0.336. The van der Waals surface area contributed by atoms with Crippen molar-refractivity contribution in [2.45, 2.75) is 37.9 Å². The SMILES string of the molecule is COCc1cc(-c2nnc3c4ccccc4c(OCc4ccc(C5CC(F)(F)C5)cn4)nn23)no1. The Morgan fingerprint density at radius 1 is 1.09 bits per heavy atom. The minimum Gasteiger partial charge on any atom is -0.470 e. The van der Waals surface area contributed by atoms with Gasteiger partial charge in [0, 0.05) is 43.0 Å². The number of ether oxygens (including phenoxy) is 2. The summed E-state index contributed by atoms with van der Waals surface area (Å²) in [5.74, 6) is -1.37. The van der Waals surface area contributed by atoms with Gasteiger partial charge in [-0.2, -0.15) is 4.52 Å². The Balaban J connectivity index is 1.30. The van der Waals surface area contributed by atoms with Crippen molar-refractivity contribution >= 4 is 16.4 Å². The molecule has 178 valence electrons. The van der Waals surface area contributed by atoms with Crippen LogP contribution >= 0.6 is 0 Å². The van der Waals surface area contributed by atoms with Gasteiger partial charge in [0.05, 0.1) is 5.69 Å². The van der Waals surface area contributed by atoms with Crippen LogP contribution in [0.1, 0.15) is 35.8 Å². The van der Waals surface area contributed by atoms with Crippen LogP contribution < -0.4 is 4.74 Å². The molecule has 0 aliphatic heterocycles. The molecule has 9 nitrogen and oxygen atoms in total. The smallest absolute Gasteiger partial charge is 0.249 e. The van der Waals surface area contributed by atoms with E-state index in [1.807, 2.05) is 30.3 Å². The van der Waals surface area contributed by atoms with Crippen LogP contribution in [0.4, 0.5) is 8.78 Å². The summed E-state index contributed by atoms with van der Waals surface area (Å²) in [4.78, 5) is 4.40. The van der Waals surface area contributed by atoms with E-state index in [0.29, 0.717) is 34.5 Å². The molecule has 4 heterocycles. The highest BCUT2D eigenvalue weighted by atomic mass is 19.3. The molecule has 0 unspecified atom stereocenters. The van der Waals surface area contributed by atoms with E-state index in [4.69, 9.17) is 14.0 Å². The van der Waals surface area contributed by atoms with Crippen LogP contribution in [-0.2, 0) is 18.0 Å². The van der Waals surface area contributed by atoms with Crippen LogP contribution in [-0.4, -0.2) is 43.0 Å². The maximum atomic E-state index is 13.2. The molecule has 1 aliphatic rings. The maximum Gasteiger partial charge on any atom is 0.249 e. The van der Waals surface area contributed by atoms with Crippen LogP contribution in [0.3, 0.4) is 0 Å². The summed E-state index contributed by atoms with van der Waals surface area (Å²) in [6, 6.07) is 13.0. The van der Waals surface area contributed by atoms with Crippen LogP contribution in [0.2, 0.25) is 0 Å². The molecular weight excluding hydrogens is 458 g/mol. The predicted molar refractivity (Wildman–Crippen MR) is 120 cm³/mol. The van der Waals surface area contributed by atoms with Crippen molar-refractivity contribution in [3.63, 3.8) is 0 Å². The largest absolute Gasteiger partial charge is 0.470 e. The molecule has 0 saturated heterocycles. The molecule has 5 aromatic rings. The lowest BCUT2D eigenvalue weighted by Crippen LogP contribution is -2.33. The Morgan fingerprint density at radius 3 is 2.66 bits per heavy atom. The van der Waals surface area contributed by atoms with Gasteiger partial charge in [-0.25, -0.2) is 8.78 Å². The van der Waals surface area contributed by atoms with E-state index < -0.39 is 5.92 Å². The second-order valence-corrected chi connectivity index (χ2v) is 8.55. The third-order valence-electron chi connectivity index (χ3n) is 6.07. The summed E-state index contributed by atoms with van der Waals surface area (Å²) < 4.78 is 44.3. The summed E-state index contributed by atoms with van der Waals surface area (Å²) in [6.45, 7) is 0.437. The molecule has 1 aliphatic carbocycles. The molecule has 1 aromatic carbocycles. The number of methoxy groups -OCH3 is 1. The van der Waals surface area contributed by atoms with Crippen molar-refractivity contribution < 1.29 is 22.8 Å². The number of pyridine rings is 1. The highest BCUT2D eigenvalue weighted by molar-refractivity contribution is 5.96. The second-order valence-electron chi connectivity index (χ2n) is 8.55. The fourth-order valence-electron chi connectivity index (χ4n) is 4.25. The normalized spacial score (nSPS) is 15.5. The zero-order chi connectivity index (χ0) is 24.0. The summed E-state index contributed by atoms with van der Waals surface area (Å²) in [7, 11) is 1.57. The van der Waals surface area contributed by atoms with Crippen LogP contribution in [0, 0.1) is 0 Å². The molecular formula is C24H20F2N6O3. The van der Waals surface area contributed by atoms with Crippen molar-refractivity contribution in [2.24, 2.45) is 0 Å². The van der Waals surface area contributed by atoms with Gasteiger partial charge in [-0.15, -0.1) is 15.3 Å². The lowest BCUT2D eigenvalue weighted by atomic mass is 9.77. The van der Waals surface area contributed by atoms with Crippen molar-refractivity contribution in [3.8, 4) is 17.4 Å². The summed E-state index contributed by atoms with van der Waals surface area (Å²) in [6.07, 6.45) is 1.40. The Hall–Kier alpha value is -3.99. The Labute approximate surface area is 197 Å². The minimum atomic E-state index is -2.56. The summed E-state index contributed by atoms with van der Waals surface area (Å²) >= 11 is 0. The van der Waals surface area contributed by atoms with Gasteiger partial charge in [0.25, 0.3) is 0 Å². The number of nitrogens with zero attached hydrogens (tertiary/aromatic N) is 6. The molecule has 0 bridgehead atoms. The van der Waals surface area contributed by atoms with Crippen LogP contribution in [0.25, 0.3) is 27.9 Å². The lowest BCUT2D eigenvalue weighted by Gasteiger charge is -2.35. The van der Waals surface area contributed by atoms with Gasteiger partial charge >= 0.3 is 0 Å². The zero-order valence-corrected chi connectivity index (χ0v) is 18.7. The van der Waals surface area contributed by atoms with Crippen molar-refractivity contribution in [2.75, 3.05) is 7.11 Å². The highest BCUT2D eigenvalue weighted by Gasteiger charge is 2.45. The van der Waals surface area contributed by atoms with E-state index in [1.165, 1.54) is 0 Å². The first kappa shape index (κ1) is 21.5. The Kier molecular flexibility index (Phi) is 5.14. The van der Waals surface area contributed by atoms with Gasteiger partial charge in [-0.05, 0) is 23.6 Å². The fourth-order valence-corrected chi connectivity index (χ4v) is 4.25. The Morgan fingerprint density at radius 2 is 1.91 bits per heavy atom. The summed E-state index contributed by atoms with van der Waals surface area (Å²) in [5.41, 5.74) is 2.51. The highest BCUT2D eigenvalue weighted by Crippen LogP contribution is 2.48. The first-order chi connectivity index (χ1) is 17.0. The zero-order valence-electron chi connectivity index (χ0n) is 18.7. The number of hydrogen-bond donors (Lipinski definition) is 0. The molecule has 6 rings (SSSR count). The maximum absolute atomic E-state index is 13.2. The number of halogens is 2. The number of alkyl halides is 2. The molecule has 0 radical (unpaired) electrons. The number of benzene rings is 1. The fraction of sp³-hybridized carbons (Fsp3) is 0.292. The van der Waals surface area contributed by atoms with Crippen molar-refractivity contribution in [3.05, 3.63) is 65.7 Å². The predicted octanol–water partition coefficient (Wildman–Crippen LogP) is 4.57. The average molecular weight is 478 g/mol. The molecule has 0 N–H and O–H groups in total. The molecule has 4 aromatic heterocycles. The molecule has 11 heteroatoms. The third-order valence-corrected chi connectivity index (χ3v) is 6.07. The monoisotopic (exact) mass is 478 g/mol. The van der Waals surface area contributed by atoms with Crippen molar-refractivity contribution in [1.82, 2.24) is 30.0 Å². The van der Waals surface area contributed by atoms with E-state index in [9.17, 15) is 8.78 Å². The molecule has 1 saturated carbocycles. The first-order valence-corrected chi connectivity index (χ1v) is 11.1. The van der Waals surface area contributed by atoms with Gasteiger partial charge in [-0.1, -0.05) is 29.4 Å².